The fourth-order valence-corrected chi connectivity index (χ4v) is 4.51. The Morgan fingerprint density at radius 2 is 1.79 bits per heavy atom. The van der Waals surface area contributed by atoms with Crippen molar-refractivity contribution in [2.45, 2.75) is 51.0 Å². The highest BCUT2D eigenvalue weighted by atomic mass is 19.4. The van der Waals surface area contributed by atoms with E-state index in [4.69, 9.17) is 9.47 Å². The van der Waals surface area contributed by atoms with Crippen molar-refractivity contribution in [2.24, 2.45) is 0 Å². The van der Waals surface area contributed by atoms with Gasteiger partial charge in [-0.25, -0.2) is 0 Å². The summed E-state index contributed by atoms with van der Waals surface area (Å²) >= 11 is 0. The Bertz CT molecular complexity index is 1020. The van der Waals surface area contributed by atoms with E-state index in [0.717, 1.165) is 30.0 Å². The van der Waals surface area contributed by atoms with Gasteiger partial charge in [-0.2, -0.15) is 13.2 Å². The van der Waals surface area contributed by atoms with Crippen LogP contribution in [0.2, 0.25) is 0 Å². The molecule has 8 heteroatoms. The van der Waals surface area contributed by atoms with Crippen LogP contribution in [0.5, 0.6) is 11.5 Å². The van der Waals surface area contributed by atoms with E-state index in [0.29, 0.717) is 36.6 Å². The molecule has 1 atom stereocenters. The lowest BCUT2D eigenvalue weighted by Crippen LogP contribution is -2.44. The number of carbonyl (C=O) groups is 1. The molecule has 0 radical (unpaired) electrons. The summed E-state index contributed by atoms with van der Waals surface area (Å²) in [6.45, 7) is 3.14. The normalized spacial score (nSPS) is 17.0. The number of alkyl halides is 3. The molecule has 178 valence electrons. The van der Waals surface area contributed by atoms with Crippen molar-refractivity contribution in [1.29, 1.82) is 0 Å². The molecule has 0 N–H and O–H groups in total. The van der Waals surface area contributed by atoms with Crippen molar-refractivity contribution in [1.82, 2.24) is 9.80 Å². The number of carbonyl (C=O) groups excluding carboxylic acids is 1. The van der Waals surface area contributed by atoms with E-state index >= 15 is 0 Å². The van der Waals surface area contributed by atoms with E-state index in [1.807, 2.05) is 28.9 Å². The molecule has 1 amide bonds. The van der Waals surface area contributed by atoms with Gasteiger partial charge in [0.1, 0.15) is 0 Å². The number of benzene rings is 2. The quantitative estimate of drug-likeness (QED) is 0.591. The first-order valence-corrected chi connectivity index (χ1v) is 11.2. The highest BCUT2D eigenvalue weighted by molar-refractivity contribution is 5.79. The summed E-state index contributed by atoms with van der Waals surface area (Å²) in [4.78, 5) is 17.1. The molecule has 2 aromatic carbocycles. The van der Waals surface area contributed by atoms with Gasteiger partial charge in [0, 0.05) is 25.2 Å². The van der Waals surface area contributed by atoms with Gasteiger partial charge < -0.3 is 14.4 Å². The number of methoxy groups -OCH3 is 2. The van der Waals surface area contributed by atoms with Gasteiger partial charge in [-0.15, -0.1) is 0 Å². The van der Waals surface area contributed by atoms with Crippen LogP contribution in [0.1, 0.15) is 48.1 Å². The van der Waals surface area contributed by atoms with Crippen LogP contribution in [0, 0.1) is 0 Å². The molecule has 4 rings (SSSR count). The summed E-state index contributed by atoms with van der Waals surface area (Å²) in [6, 6.07) is 9.23. The third-order valence-corrected chi connectivity index (χ3v) is 6.60. The molecule has 1 fully saturated rings. The summed E-state index contributed by atoms with van der Waals surface area (Å²) in [5.41, 5.74) is 2.07. The zero-order valence-electron chi connectivity index (χ0n) is 19.1. The number of halogens is 3. The number of hydrogen-bond acceptors (Lipinski definition) is 4. The molecule has 1 aliphatic heterocycles. The molecule has 5 nitrogen and oxygen atoms in total. The van der Waals surface area contributed by atoms with Crippen molar-refractivity contribution >= 4 is 5.91 Å². The topological polar surface area (TPSA) is 42.0 Å². The Hall–Kier alpha value is -2.74. The minimum atomic E-state index is -4.39. The van der Waals surface area contributed by atoms with Crippen LogP contribution in [0.25, 0.3) is 0 Å². The van der Waals surface area contributed by atoms with Gasteiger partial charge in [-0.3, -0.25) is 9.69 Å². The summed E-state index contributed by atoms with van der Waals surface area (Å²) in [7, 11) is 3.18. The fraction of sp³-hybridized carbons (Fsp3) is 0.480. The molecule has 1 saturated carbocycles. The van der Waals surface area contributed by atoms with E-state index in [1.54, 1.807) is 20.3 Å². The first-order valence-electron chi connectivity index (χ1n) is 11.2. The lowest BCUT2D eigenvalue weighted by atomic mass is 9.98. The third kappa shape index (κ3) is 5.11. The lowest BCUT2D eigenvalue weighted by Gasteiger charge is -2.34. The first-order chi connectivity index (χ1) is 15.7. The van der Waals surface area contributed by atoms with Gasteiger partial charge in [0.05, 0.1) is 26.3 Å². The van der Waals surface area contributed by atoms with E-state index < -0.39 is 11.7 Å². The molecule has 2 aromatic rings. The number of ether oxygens (including phenoxy) is 2. The van der Waals surface area contributed by atoms with Gasteiger partial charge in [-0.05, 0) is 67.1 Å². The summed E-state index contributed by atoms with van der Waals surface area (Å²) in [5.74, 6) is 1.29. The van der Waals surface area contributed by atoms with Crippen molar-refractivity contribution < 1.29 is 27.4 Å². The second kappa shape index (κ2) is 9.25. The van der Waals surface area contributed by atoms with Crippen LogP contribution in [-0.2, 0) is 23.9 Å². The average Bonchev–Trinajstić information content (AvgIpc) is 3.65. The standard InChI is InChI=1S/C25H29F3N2O3/c1-16(17-5-4-6-20(11-17)25(26,27)28)30(21-7-8-21)15-24(31)29-10-9-18-12-22(32-2)23(33-3)13-19(18)14-29/h4-6,11-13,16,21H,7-10,14-15H2,1-3H3. The zero-order chi connectivity index (χ0) is 23.8. The van der Waals surface area contributed by atoms with Crippen LogP contribution < -0.4 is 9.47 Å². The maximum absolute atomic E-state index is 13.2. The number of fused-ring (bicyclic) bond motifs is 1. The van der Waals surface area contributed by atoms with Crippen LogP contribution >= 0.6 is 0 Å². The number of amides is 1. The predicted octanol–water partition coefficient (Wildman–Crippen LogP) is 4.83. The van der Waals surface area contributed by atoms with Gasteiger partial charge >= 0.3 is 6.18 Å². The van der Waals surface area contributed by atoms with Gasteiger partial charge in [-0.1, -0.05) is 12.1 Å². The van der Waals surface area contributed by atoms with Crippen LogP contribution in [0.15, 0.2) is 36.4 Å². The third-order valence-electron chi connectivity index (χ3n) is 6.60. The molecule has 1 unspecified atom stereocenters. The summed E-state index contributed by atoms with van der Waals surface area (Å²) in [5, 5.41) is 0. The number of hydrogen-bond donors (Lipinski definition) is 0. The van der Waals surface area contributed by atoms with Crippen molar-refractivity contribution in [2.75, 3.05) is 27.3 Å². The molecular formula is C25H29F3N2O3. The zero-order valence-corrected chi connectivity index (χ0v) is 19.1. The van der Waals surface area contributed by atoms with E-state index in [2.05, 4.69) is 0 Å². The second-order valence-corrected chi connectivity index (χ2v) is 8.74. The molecule has 33 heavy (non-hydrogen) atoms. The number of rotatable bonds is 7. The fourth-order valence-electron chi connectivity index (χ4n) is 4.51. The lowest BCUT2D eigenvalue weighted by molar-refractivity contribution is -0.138. The molecule has 0 spiro atoms. The Balaban J connectivity index is 1.49. The van der Waals surface area contributed by atoms with Gasteiger partial charge in [0.25, 0.3) is 0 Å². The maximum Gasteiger partial charge on any atom is 0.416 e. The maximum atomic E-state index is 13.2. The summed E-state index contributed by atoms with van der Waals surface area (Å²) in [6.07, 6.45) is -1.76. The molecule has 0 saturated heterocycles. The Labute approximate surface area is 192 Å². The summed E-state index contributed by atoms with van der Waals surface area (Å²) < 4.78 is 50.3. The molecule has 1 heterocycles. The van der Waals surface area contributed by atoms with Crippen LogP contribution in [-0.4, -0.2) is 49.1 Å². The van der Waals surface area contributed by atoms with Crippen molar-refractivity contribution in [3.8, 4) is 11.5 Å². The SMILES string of the molecule is COc1cc2c(cc1OC)CN(C(=O)CN(C1CC1)C(C)c1cccc(C(F)(F)F)c1)CC2. The Kier molecular flexibility index (Phi) is 6.56. The van der Waals surface area contributed by atoms with Gasteiger partial charge in [0.15, 0.2) is 11.5 Å². The van der Waals surface area contributed by atoms with Crippen molar-refractivity contribution in [3.05, 3.63) is 58.7 Å². The largest absolute Gasteiger partial charge is 0.493 e. The molecule has 0 aromatic heterocycles. The first kappa shape index (κ1) is 23.4. The average molecular weight is 463 g/mol. The predicted molar refractivity (Wildman–Crippen MR) is 118 cm³/mol. The highest BCUT2D eigenvalue weighted by Crippen LogP contribution is 2.37. The Morgan fingerprint density at radius 1 is 1.12 bits per heavy atom. The second-order valence-electron chi connectivity index (χ2n) is 8.74. The smallest absolute Gasteiger partial charge is 0.416 e. The Morgan fingerprint density at radius 3 is 2.39 bits per heavy atom. The van der Waals surface area contributed by atoms with E-state index in [9.17, 15) is 18.0 Å². The number of nitrogens with zero attached hydrogens (tertiary/aromatic N) is 2. The minimum absolute atomic E-state index is 0.0128. The van der Waals surface area contributed by atoms with Crippen LogP contribution in [0.4, 0.5) is 13.2 Å². The van der Waals surface area contributed by atoms with E-state index in [-0.39, 0.29) is 24.5 Å². The van der Waals surface area contributed by atoms with Crippen molar-refractivity contribution in [3.63, 3.8) is 0 Å². The van der Waals surface area contributed by atoms with Gasteiger partial charge in [0.2, 0.25) is 5.91 Å². The molecule has 2 aliphatic rings. The highest BCUT2D eigenvalue weighted by Gasteiger charge is 2.37. The monoisotopic (exact) mass is 462 g/mol. The molecular weight excluding hydrogens is 433 g/mol. The van der Waals surface area contributed by atoms with Crippen LogP contribution in [0.3, 0.4) is 0 Å². The molecule has 1 aliphatic carbocycles. The van der Waals surface area contributed by atoms with E-state index in [1.165, 1.54) is 12.1 Å². The minimum Gasteiger partial charge on any atom is -0.493 e. The molecule has 0 bridgehead atoms.